The first-order valence-electron chi connectivity index (χ1n) is 24.7. The second-order valence-electron chi connectivity index (χ2n) is 18.8. The van der Waals surface area contributed by atoms with Gasteiger partial charge in [0.15, 0.2) is 5.96 Å². The summed E-state index contributed by atoms with van der Waals surface area (Å²) in [6, 6.07) is 5.59. The minimum atomic E-state index is -1.47. The summed E-state index contributed by atoms with van der Waals surface area (Å²) in [4.78, 5) is 139. The zero-order chi connectivity index (χ0) is 53.6. The Kier molecular flexibility index (Phi) is 18.8. The van der Waals surface area contributed by atoms with Crippen LogP contribution in [0.2, 0.25) is 0 Å². The number of hydrogen-bond acceptors (Lipinski definition) is 13. The lowest BCUT2D eigenvalue weighted by atomic mass is 9.81. The number of nitrogens with two attached hydrogens (primary N) is 2. The molecule has 7 rings (SSSR count). The van der Waals surface area contributed by atoms with E-state index in [9.17, 15) is 43.2 Å². The highest BCUT2D eigenvalue weighted by atomic mass is 33.1. The van der Waals surface area contributed by atoms with Gasteiger partial charge in [-0.3, -0.25) is 43.8 Å². The Morgan fingerprint density at radius 2 is 1.36 bits per heavy atom. The number of benzene rings is 2. The Morgan fingerprint density at radius 3 is 2.05 bits per heavy atom. The number of nitrogens with zero attached hydrogens (tertiary/aromatic N) is 2. The third-order valence-corrected chi connectivity index (χ3v) is 15.8. The van der Waals surface area contributed by atoms with Crippen molar-refractivity contribution in [3.05, 3.63) is 90.1 Å². The Hall–Kier alpha value is -7.61. The first kappa shape index (κ1) is 55.1. The Morgan fingerprint density at radius 1 is 0.733 bits per heavy atom. The van der Waals surface area contributed by atoms with E-state index in [0.29, 0.717) is 42.5 Å². The van der Waals surface area contributed by atoms with E-state index in [-0.39, 0.29) is 56.1 Å². The first-order valence-corrected chi connectivity index (χ1v) is 27.2. The average Bonchev–Trinajstić information content (AvgIpc) is 4.12. The second-order valence-corrected chi connectivity index (χ2v) is 21.3. The molecule has 7 atom stereocenters. The predicted octanol–water partition coefficient (Wildman–Crippen LogP) is -0.386. The van der Waals surface area contributed by atoms with Crippen molar-refractivity contribution in [3.63, 3.8) is 0 Å². The summed E-state index contributed by atoms with van der Waals surface area (Å²) >= 11 is 0. The van der Waals surface area contributed by atoms with E-state index in [1.165, 1.54) is 19.4 Å². The summed E-state index contributed by atoms with van der Waals surface area (Å²) in [5, 5.41) is 30.2. The summed E-state index contributed by atoms with van der Waals surface area (Å²) in [6.45, 7) is 1.49. The van der Waals surface area contributed by atoms with Crippen LogP contribution in [0.15, 0.2) is 73.3 Å². The van der Waals surface area contributed by atoms with Crippen molar-refractivity contribution < 1.29 is 43.2 Å². The molecule has 3 aliphatic rings. The van der Waals surface area contributed by atoms with Gasteiger partial charge in [0.05, 0.1) is 6.33 Å². The number of imide groups is 1. The maximum atomic E-state index is 14.6. The van der Waals surface area contributed by atoms with Crippen molar-refractivity contribution in [2.24, 2.45) is 11.5 Å². The first-order chi connectivity index (χ1) is 36.0. The van der Waals surface area contributed by atoms with Crippen LogP contribution in [-0.4, -0.2) is 145 Å². The molecule has 1 unspecified atom stereocenters. The Labute approximate surface area is 439 Å². The van der Waals surface area contributed by atoms with Crippen molar-refractivity contribution in [3.8, 4) is 0 Å². The molecule has 26 heteroatoms. The van der Waals surface area contributed by atoms with E-state index < -0.39 is 101 Å². The number of primary amides is 1. The van der Waals surface area contributed by atoms with Gasteiger partial charge in [0.1, 0.15) is 47.8 Å². The molecular formula is C49H63N15O9S2. The molecule has 75 heavy (non-hydrogen) atoms. The van der Waals surface area contributed by atoms with E-state index >= 15 is 0 Å². The lowest BCUT2D eigenvalue weighted by Gasteiger charge is -2.32. The van der Waals surface area contributed by atoms with Crippen LogP contribution < -0.4 is 54.0 Å². The summed E-state index contributed by atoms with van der Waals surface area (Å²) in [5.74, 6) is -7.15. The van der Waals surface area contributed by atoms with Crippen molar-refractivity contribution in [1.29, 1.82) is 5.41 Å². The highest BCUT2D eigenvalue weighted by Crippen LogP contribution is 2.36. The lowest BCUT2D eigenvalue weighted by Crippen LogP contribution is -2.61. The summed E-state index contributed by atoms with van der Waals surface area (Å²) in [6.07, 6.45) is 7.29. The highest BCUT2D eigenvalue weighted by Gasteiger charge is 2.54. The zero-order valence-corrected chi connectivity index (χ0v) is 42.8. The van der Waals surface area contributed by atoms with Gasteiger partial charge < -0.3 is 64.0 Å². The number of carbonyl (C=O) groups excluding carboxylic acids is 9. The molecule has 1 aliphatic carbocycles. The fourth-order valence-corrected chi connectivity index (χ4v) is 11.7. The number of hydrogen-bond donors (Lipinski definition) is 13. The fourth-order valence-electron chi connectivity index (χ4n) is 9.28. The Balaban J connectivity index is 1.25. The van der Waals surface area contributed by atoms with Crippen molar-refractivity contribution in [2.45, 2.75) is 119 Å². The van der Waals surface area contributed by atoms with Crippen LogP contribution in [0.4, 0.5) is 4.79 Å². The van der Waals surface area contributed by atoms with Crippen molar-refractivity contribution in [1.82, 2.24) is 62.4 Å². The number of nitrogens with one attached hydrogen (secondary N) is 11. The highest BCUT2D eigenvalue weighted by molar-refractivity contribution is 8.76. The van der Waals surface area contributed by atoms with Crippen LogP contribution in [0.5, 0.6) is 0 Å². The molecule has 4 heterocycles. The summed E-state index contributed by atoms with van der Waals surface area (Å²) < 4.78 is 0. The molecule has 400 valence electrons. The smallest absolute Gasteiger partial charge is 0.325 e. The molecule has 4 aromatic rings. The van der Waals surface area contributed by atoms with E-state index in [4.69, 9.17) is 16.9 Å². The fraction of sp³-hybridized carbons (Fsp3) is 0.449. The number of H-pyrrole nitrogens is 2. The van der Waals surface area contributed by atoms with Gasteiger partial charge >= 0.3 is 6.03 Å². The van der Waals surface area contributed by atoms with Gasteiger partial charge in [-0.1, -0.05) is 89.4 Å². The molecule has 15 N–H and O–H groups in total. The minimum Gasteiger partial charge on any atom is -0.370 e. The molecule has 3 fully saturated rings. The van der Waals surface area contributed by atoms with Gasteiger partial charge in [0, 0.05) is 66.3 Å². The SMILES string of the molecule is C[C@H]1NC(=O)[C@@H](N2C(=O)NC3(CCCCC3)C2=O)CSSC[C@@H](C(N)=O)NC(=O)C(Cc2c[nH]c3ccccc23)NC(=O)[C@H](CCCNC(=N)N)NC(=O)[C@@H](Cc2ccccc2)NC(=O)[C@H](Cc2cnc[nH]2)NC1=O. The zero-order valence-electron chi connectivity index (χ0n) is 41.2. The summed E-state index contributed by atoms with van der Waals surface area (Å²) in [7, 11) is 2.03. The van der Waals surface area contributed by atoms with E-state index in [0.717, 1.165) is 43.8 Å². The van der Waals surface area contributed by atoms with Crippen LogP contribution in [0.1, 0.15) is 68.7 Å². The predicted molar refractivity (Wildman–Crippen MR) is 280 cm³/mol. The normalized spacial score (nSPS) is 24.8. The molecular weight excluding hydrogens is 1010 g/mol. The monoisotopic (exact) mass is 1070 g/mol. The van der Waals surface area contributed by atoms with Crippen LogP contribution in [0.25, 0.3) is 10.9 Å². The summed E-state index contributed by atoms with van der Waals surface area (Å²) in [5.41, 5.74) is 12.6. The van der Waals surface area contributed by atoms with Crippen LogP contribution in [0.3, 0.4) is 0 Å². The number of urea groups is 1. The number of carbonyl (C=O) groups is 9. The van der Waals surface area contributed by atoms with E-state index in [1.807, 2.05) is 24.3 Å². The van der Waals surface area contributed by atoms with Gasteiger partial charge in [0.2, 0.25) is 41.4 Å². The molecule has 1 spiro atoms. The molecule has 24 nitrogen and oxygen atoms in total. The van der Waals surface area contributed by atoms with Crippen molar-refractivity contribution in [2.75, 3.05) is 18.1 Å². The number of imidazole rings is 1. The molecule has 0 bridgehead atoms. The largest absolute Gasteiger partial charge is 0.370 e. The third kappa shape index (κ3) is 14.4. The molecule has 0 radical (unpaired) electrons. The van der Waals surface area contributed by atoms with Gasteiger partial charge in [-0.15, -0.1) is 0 Å². The van der Waals surface area contributed by atoms with Gasteiger partial charge in [0.25, 0.3) is 5.91 Å². The van der Waals surface area contributed by atoms with Gasteiger partial charge in [-0.25, -0.2) is 14.7 Å². The number of guanidine groups is 1. The standard InChI is InChI=1S/C49H63N15O9S2/c1-27-40(66)59-36(21-30-23-53-26-56-30)44(70)60-34(19-28-11-4-2-5-12-28)42(68)58-33(15-10-18-54-47(51)52)41(67)61-35(20-29-22-55-32-14-7-6-13-31(29)32)43(69)62-37(39(50)65)24-74-75-25-38(45(71)57-27)64-46(72)49(63-48(64)73)16-8-3-9-17-49/h2,4-7,11-14,22-23,26-27,33-38,55H,3,8-10,15-21,24-25H2,1H3,(H2,50,65)(H,53,56)(H,57,71)(H,58,68)(H,59,66)(H,60,70)(H,61,67)(H,62,69)(H,63,73)(H4,51,52,54)/t27-,33+,34-,35?,36+,37+,38+/m1/s1. The maximum Gasteiger partial charge on any atom is 0.325 e. The lowest BCUT2D eigenvalue weighted by molar-refractivity contribution is -0.139. The number of aromatic nitrogens is 3. The minimum absolute atomic E-state index is 0.0438. The maximum absolute atomic E-state index is 14.6. The van der Waals surface area contributed by atoms with Crippen molar-refractivity contribution >= 4 is 91.7 Å². The van der Waals surface area contributed by atoms with Crippen LogP contribution in [-0.2, 0) is 57.6 Å². The molecule has 1 saturated carbocycles. The van der Waals surface area contributed by atoms with E-state index in [2.05, 4.69) is 57.5 Å². The topological polar surface area (TPSA) is 373 Å². The average molecular weight is 1070 g/mol. The Bertz CT molecular complexity index is 2740. The number of amides is 10. The molecule has 2 saturated heterocycles. The molecule has 2 aromatic heterocycles. The molecule has 2 aliphatic heterocycles. The van der Waals surface area contributed by atoms with Crippen LogP contribution >= 0.6 is 21.6 Å². The number of fused-ring (bicyclic) bond motifs is 1. The van der Waals surface area contributed by atoms with E-state index in [1.54, 1.807) is 36.5 Å². The second kappa shape index (κ2) is 25.6. The number of rotatable bonds is 12. The molecule has 2 aromatic carbocycles. The number of aromatic amines is 2. The van der Waals surface area contributed by atoms with Gasteiger partial charge in [-0.2, -0.15) is 0 Å². The van der Waals surface area contributed by atoms with Crippen LogP contribution in [0, 0.1) is 5.41 Å². The molecule has 10 amide bonds. The quantitative estimate of drug-likeness (QED) is 0.0283. The third-order valence-electron chi connectivity index (χ3n) is 13.3. The number of para-hydroxylation sites is 1. The van der Waals surface area contributed by atoms with Gasteiger partial charge in [-0.05, 0) is 49.8 Å².